The number of nitrogens with two attached hydrogens (primary N) is 1. The van der Waals surface area contributed by atoms with Crippen LogP contribution in [0.5, 0.6) is 0 Å². The van der Waals surface area contributed by atoms with Crippen molar-refractivity contribution in [3.05, 3.63) is 32.4 Å². The molecule has 1 atom stereocenters. The summed E-state index contributed by atoms with van der Waals surface area (Å²) < 4.78 is 1.67. The summed E-state index contributed by atoms with van der Waals surface area (Å²) in [7, 11) is 0. The Kier molecular flexibility index (Phi) is 4.84. The second-order valence-electron chi connectivity index (χ2n) is 4.25. The lowest BCUT2D eigenvalue weighted by molar-refractivity contribution is 0.603. The quantitative estimate of drug-likeness (QED) is 0.801. The summed E-state index contributed by atoms with van der Waals surface area (Å²) in [6, 6.07) is 4.19. The second-order valence-corrected chi connectivity index (χ2v) is 6.74. The third kappa shape index (κ3) is 3.29. The average Bonchev–Trinajstić information content (AvgIpc) is 2.96. The molecule has 0 saturated heterocycles. The third-order valence-corrected chi connectivity index (χ3v) is 5.23. The van der Waals surface area contributed by atoms with E-state index in [0.29, 0.717) is 18.2 Å². The summed E-state index contributed by atoms with van der Waals surface area (Å²) in [6.07, 6.45) is 0.901. The van der Waals surface area contributed by atoms with E-state index in [4.69, 9.17) is 5.73 Å². The minimum Gasteiger partial charge on any atom is -0.329 e. The van der Waals surface area contributed by atoms with Crippen LogP contribution in [0.2, 0.25) is 0 Å². The fourth-order valence-electron chi connectivity index (χ4n) is 1.79. The van der Waals surface area contributed by atoms with Crippen LogP contribution in [0.4, 0.5) is 0 Å². The van der Waals surface area contributed by atoms with E-state index in [2.05, 4.69) is 29.3 Å². The number of nitrogens with zero attached hydrogens (tertiary/aromatic N) is 2. The highest BCUT2D eigenvalue weighted by molar-refractivity contribution is 7.99. The predicted molar refractivity (Wildman–Crippen MR) is 79.8 cm³/mol. The Hall–Kier alpha value is -1.05. The van der Waals surface area contributed by atoms with Crippen LogP contribution in [0.1, 0.15) is 28.3 Å². The molecule has 0 saturated carbocycles. The maximum Gasteiger partial charge on any atom is 0.343 e. The van der Waals surface area contributed by atoms with Gasteiger partial charge in [-0.15, -0.1) is 16.4 Å². The van der Waals surface area contributed by atoms with E-state index in [-0.39, 0.29) is 10.9 Å². The van der Waals surface area contributed by atoms with Gasteiger partial charge in [0.15, 0.2) is 5.16 Å². The predicted octanol–water partition coefficient (Wildman–Crippen LogP) is 2.14. The first-order valence-corrected chi connectivity index (χ1v) is 7.93. The van der Waals surface area contributed by atoms with Crippen LogP contribution in [0.3, 0.4) is 0 Å². The standard InChI is InChI=1S/C12H18N4OS2/c1-3-6-16-11(17)14-15-12(16)19-10(7-13)9-5-4-8(2)18-9/h4-5,10H,3,6-7,13H2,1-2H3,(H,14,17). The number of aryl methyl sites for hydroxylation is 1. The number of rotatable bonds is 6. The van der Waals surface area contributed by atoms with Crippen molar-refractivity contribution >= 4 is 23.1 Å². The van der Waals surface area contributed by atoms with Crippen molar-refractivity contribution in [1.82, 2.24) is 14.8 Å². The molecular formula is C12H18N4OS2. The van der Waals surface area contributed by atoms with Crippen LogP contribution in [0.15, 0.2) is 22.1 Å². The van der Waals surface area contributed by atoms with Crippen LogP contribution < -0.4 is 11.4 Å². The zero-order chi connectivity index (χ0) is 13.8. The van der Waals surface area contributed by atoms with E-state index < -0.39 is 0 Å². The Morgan fingerprint density at radius 2 is 2.37 bits per heavy atom. The lowest BCUT2D eigenvalue weighted by Crippen LogP contribution is -2.18. The second kappa shape index (κ2) is 6.40. The van der Waals surface area contributed by atoms with Crippen molar-refractivity contribution in [2.75, 3.05) is 6.54 Å². The molecule has 2 aromatic heterocycles. The molecule has 0 amide bonds. The number of hydrogen-bond acceptors (Lipinski definition) is 5. The van der Waals surface area contributed by atoms with E-state index >= 15 is 0 Å². The molecule has 1 unspecified atom stereocenters. The molecule has 0 bridgehead atoms. The molecule has 7 heteroatoms. The first-order chi connectivity index (χ1) is 9.15. The SMILES string of the molecule is CCCn1c(SC(CN)c2ccc(C)s2)n[nH]c1=O. The first kappa shape index (κ1) is 14.4. The van der Waals surface area contributed by atoms with Crippen LogP contribution in [0, 0.1) is 6.92 Å². The van der Waals surface area contributed by atoms with Crippen LogP contribution in [-0.2, 0) is 6.54 Å². The average molecular weight is 298 g/mol. The van der Waals surface area contributed by atoms with Gasteiger partial charge in [-0.05, 0) is 25.5 Å². The fraction of sp³-hybridized carbons (Fsp3) is 0.500. The van der Waals surface area contributed by atoms with Crippen molar-refractivity contribution in [1.29, 1.82) is 0 Å². The lowest BCUT2D eigenvalue weighted by Gasteiger charge is -2.12. The van der Waals surface area contributed by atoms with Gasteiger partial charge >= 0.3 is 5.69 Å². The van der Waals surface area contributed by atoms with Crippen molar-refractivity contribution in [2.45, 2.75) is 37.2 Å². The van der Waals surface area contributed by atoms with Gasteiger partial charge in [0.05, 0.1) is 5.25 Å². The molecule has 0 aliphatic heterocycles. The zero-order valence-electron chi connectivity index (χ0n) is 11.0. The fourth-order valence-corrected chi connectivity index (χ4v) is 3.90. The number of thioether (sulfide) groups is 1. The molecule has 0 fully saturated rings. The van der Waals surface area contributed by atoms with Crippen LogP contribution in [-0.4, -0.2) is 21.3 Å². The summed E-state index contributed by atoms with van der Waals surface area (Å²) in [4.78, 5) is 14.1. The van der Waals surface area contributed by atoms with E-state index in [0.717, 1.165) is 6.42 Å². The summed E-state index contributed by atoms with van der Waals surface area (Å²) in [6.45, 7) is 5.32. The number of aromatic nitrogens is 3. The molecule has 0 spiro atoms. The monoisotopic (exact) mass is 298 g/mol. The number of aromatic amines is 1. The Morgan fingerprint density at radius 3 is 2.95 bits per heavy atom. The van der Waals surface area contributed by atoms with Gasteiger partial charge in [-0.3, -0.25) is 4.57 Å². The Bertz CT molecular complexity index is 587. The molecule has 104 valence electrons. The molecule has 0 aliphatic carbocycles. The maximum atomic E-state index is 11.6. The van der Waals surface area contributed by atoms with Gasteiger partial charge in [0, 0.05) is 22.8 Å². The van der Waals surface area contributed by atoms with Gasteiger partial charge in [0.1, 0.15) is 0 Å². The number of H-pyrrole nitrogens is 1. The molecule has 2 rings (SSSR count). The van der Waals surface area contributed by atoms with Crippen molar-refractivity contribution in [3.8, 4) is 0 Å². The summed E-state index contributed by atoms with van der Waals surface area (Å²) >= 11 is 3.29. The van der Waals surface area contributed by atoms with Gasteiger partial charge in [-0.1, -0.05) is 18.7 Å². The molecule has 2 aromatic rings. The summed E-state index contributed by atoms with van der Waals surface area (Å²) in [5, 5.41) is 7.46. The molecule has 2 heterocycles. The minimum atomic E-state index is -0.150. The first-order valence-electron chi connectivity index (χ1n) is 6.24. The molecule has 0 aromatic carbocycles. The van der Waals surface area contributed by atoms with E-state index in [1.165, 1.54) is 9.75 Å². The van der Waals surface area contributed by atoms with Gasteiger partial charge in [0.25, 0.3) is 0 Å². The number of thiophene rings is 1. The molecular weight excluding hydrogens is 280 g/mol. The Labute approximate surface area is 120 Å². The van der Waals surface area contributed by atoms with Crippen LogP contribution >= 0.6 is 23.1 Å². The normalized spacial score (nSPS) is 12.8. The van der Waals surface area contributed by atoms with E-state index in [1.807, 2.05) is 6.92 Å². The van der Waals surface area contributed by atoms with Crippen molar-refractivity contribution in [2.24, 2.45) is 5.73 Å². The van der Waals surface area contributed by atoms with E-state index in [9.17, 15) is 4.79 Å². The molecule has 3 N–H and O–H groups in total. The highest BCUT2D eigenvalue weighted by Gasteiger charge is 2.18. The number of hydrogen-bond donors (Lipinski definition) is 2. The number of nitrogens with one attached hydrogen (secondary N) is 1. The van der Waals surface area contributed by atoms with E-state index in [1.54, 1.807) is 27.7 Å². The lowest BCUT2D eigenvalue weighted by atomic mass is 10.3. The van der Waals surface area contributed by atoms with Crippen molar-refractivity contribution in [3.63, 3.8) is 0 Å². The van der Waals surface area contributed by atoms with Gasteiger partial charge in [-0.2, -0.15) is 0 Å². The van der Waals surface area contributed by atoms with Crippen LogP contribution in [0.25, 0.3) is 0 Å². The smallest absolute Gasteiger partial charge is 0.329 e. The molecule has 19 heavy (non-hydrogen) atoms. The summed E-state index contributed by atoms with van der Waals surface area (Å²) in [5.41, 5.74) is 5.70. The molecule has 0 aliphatic rings. The highest BCUT2D eigenvalue weighted by atomic mass is 32.2. The Balaban J connectivity index is 2.21. The summed E-state index contributed by atoms with van der Waals surface area (Å²) in [5.74, 6) is 0. The maximum absolute atomic E-state index is 11.6. The molecule has 5 nitrogen and oxygen atoms in total. The van der Waals surface area contributed by atoms with Gasteiger partial charge < -0.3 is 5.73 Å². The Morgan fingerprint density at radius 1 is 1.58 bits per heavy atom. The van der Waals surface area contributed by atoms with Crippen molar-refractivity contribution < 1.29 is 0 Å². The van der Waals surface area contributed by atoms with Gasteiger partial charge in [-0.25, -0.2) is 9.89 Å². The van der Waals surface area contributed by atoms with Gasteiger partial charge in [0.2, 0.25) is 0 Å². The zero-order valence-corrected chi connectivity index (χ0v) is 12.7. The largest absolute Gasteiger partial charge is 0.343 e. The highest BCUT2D eigenvalue weighted by Crippen LogP contribution is 2.36. The topological polar surface area (TPSA) is 76.7 Å². The molecule has 0 radical (unpaired) electrons. The third-order valence-electron chi connectivity index (χ3n) is 2.71. The minimum absolute atomic E-state index is 0.143.